The van der Waals surface area contributed by atoms with Gasteiger partial charge in [0, 0.05) is 25.7 Å². The molecule has 1 atom stereocenters. The molecule has 1 fully saturated rings. The fraction of sp³-hybridized carbons (Fsp3) is 0.900. The predicted molar refractivity (Wildman–Crippen MR) is 57.2 cm³/mol. The molecule has 1 saturated heterocycles. The van der Waals surface area contributed by atoms with Gasteiger partial charge in [0.1, 0.15) is 0 Å². The van der Waals surface area contributed by atoms with Crippen molar-refractivity contribution in [2.45, 2.75) is 25.9 Å². The molecule has 0 aliphatic carbocycles. The molecular formula is C10H21N3O. The van der Waals surface area contributed by atoms with Crippen LogP contribution in [0.25, 0.3) is 0 Å². The third kappa shape index (κ3) is 2.69. The van der Waals surface area contributed by atoms with Gasteiger partial charge in [-0.1, -0.05) is 0 Å². The Morgan fingerprint density at radius 2 is 2.21 bits per heavy atom. The zero-order valence-corrected chi connectivity index (χ0v) is 9.58. The summed E-state index contributed by atoms with van der Waals surface area (Å²) in [5.41, 5.74) is 0. The van der Waals surface area contributed by atoms with Crippen LogP contribution in [0.15, 0.2) is 0 Å². The van der Waals surface area contributed by atoms with Crippen molar-refractivity contribution < 1.29 is 4.79 Å². The number of amides is 1. The van der Waals surface area contributed by atoms with Crippen LogP contribution in [0.2, 0.25) is 0 Å². The Balaban J connectivity index is 2.57. The summed E-state index contributed by atoms with van der Waals surface area (Å²) >= 11 is 0. The standard InChI is InChI=1S/C10H21N3O/c1-8(2)13-6-5-11-9(10(13)14)7-12(3)4/h8-9,11H,5-7H2,1-4H3. The summed E-state index contributed by atoms with van der Waals surface area (Å²) < 4.78 is 0. The lowest BCUT2D eigenvalue weighted by atomic mass is 10.1. The molecule has 0 spiro atoms. The van der Waals surface area contributed by atoms with Crippen LogP contribution < -0.4 is 5.32 Å². The van der Waals surface area contributed by atoms with Gasteiger partial charge in [-0.3, -0.25) is 4.79 Å². The van der Waals surface area contributed by atoms with Crippen LogP contribution in [0.4, 0.5) is 0 Å². The Bertz CT molecular complexity index is 204. The lowest BCUT2D eigenvalue weighted by Crippen LogP contribution is -2.59. The minimum Gasteiger partial charge on any atom is -0.338 e. The van der Waals surface area contributed by atoms with Crippen molar-refractivity contribution in [2.75, 3.05) is 33.7 Å². The first-order chi connectivity index (χ1) is 6.52. The molecule has 1 aliphatic heterocycles. The van der Waals surface area contributed by atoms with Gasteiger partial charge in [0.25, 0.3) is 0 Å². The third-order valence-electron chi connectivity index (χ3n) is 2.50. The first kappa shape index (κ1) is 11.5. The quantitative estimate of drug-likeness (QED) is 0.681. The monoisotopic (exact) mass is 199 g/mol. The molecule has 0 aromatic heterocycles. The van der Waals surface area contributed by atoms with E-state index in [9.17, 15) is 4.79 Å². The molecule has 82 valence electrons. The number of carbonyl (C=O) groups excluding carboxylic acids is 1. The van der Waals surface area contributed by atoms with Crippen LogP contribution in [0.5, 0.6) is 0 Å². The molecule has 4 nitrogen and oxygen atoms in total. The second-order valence-electron chi connectivity index (χ2n) is 4.39. The SMILES string of the molecule is CC(C)N1CCNC(CN(C)C)C1=O. The molecule has 0 radical (unpaired) electrons. The van der Waals surface area contributed by atoms with Gasteiger partial charge in [0.15, 0.2) is 0 Å². The Morgan fingerprint density at radius 3 is 2.71 bits per heavy atom. The highest BCUT2D eigenvalue weighted by Gasteiger charge is 2.29. The minimum atomic E-state index is -0.0267. The lowest BCUT2D eigenvalue weighted by Gasteiger charge is -2.36. The number of hydrogen-bond acceptors (Lipinski definition) is 3. The molecule has 1 amide bonds. The molecule has 1 aliphatic rings. The van der Waals surface area contributed by atoms with Crippen molar-refractivity contribution in [3.8, 4) is 0 Å². The fourth-order valence-electron chi connectivity index (χ4n) is 1.78. The summed E-state index contributed by atoms with van der Waals surface area (Å²) in [6.45, 7) is 6.65. The maximum atomic E-state index is 11.9. The van der Waals surface area contributed by atoms with E-state index in [0.29, 0.717) is 6.04 Å². The van der Waals surface area contributed by atoms with Crippen LogP contribution in [0.3, 0.4) is 0 Å². The molecule has 1 heterocycles. The first-order valence-corrected chi connectivity index (χ1v) is 5.21. The molecule has 1 rings (SSSR count). The molecule has 14 heavy (non-hydrogen) atoms. The van der Waals surface area contributed by atoms with Gasteiger partial charge in [-0.2, -0.15) is 0 Å². The van der Waals surface area contributed by atoms with Crippen LogP contribution in [0, 0.1) is 0 Å². The summed E-state index contributed by atoms with van der Waals surface area (Å²) in [7, 11) is 3.98. The molecule has 0 aromatic carbocycles. The van der Waals surface area contributed by atoms with Crippen LogP contribution in [0.1, 0.15) is 13.8 Å². The topological polar surface area (TPSA) is 35.6 Å². The van der Waals surface area contributed by atoms with Crippen LogP contribution in [-0.2, 0) is 4.79 Å². The van der Waals surface area contributed by atoms with Crippen molar-refractivity contribution in [3.05, 3.63) is 0 Å². The Morgan fingerprint density at radius 1 is 1.57 bits per heavy atom. The number of hydrogen-bond donors (Lipinski definition) is 1. The van der Waals surface area contributed by atoms with E-state index in [0.717, 1.165) is 19.6 Å². The Kier molecular flexibility index (Phi) is 3.89. The van der Waals surface area contributed by atoms with Crippen molar-refractivity contribution in [2.24, 2.45) is 0 Å². The zero-order chi connectivity index (χ0) is 10.7. The maximum absolute atomic E-state index is 11.9. The molecule has 0 aromatic rings. The van der Waals surface area contributed by atoms with Crippen LogP contribution in [-0.4, -0.2) is 61.5 Å². The zero-order valence-electron chi connectivity index (χ0n) is 9.58. The molecule has 0 saturated carbocycles. The van der Waals surface area contributed by atoms with E-state index in [2.05, 4.69) is 19.2 Å². The summed E-state index contributed by atoms with van der Waals surface area (Å²) in [5, 5.41) is 3.25. The average molecular weight is 199 g/mol. The maximum Gasteiger partial charge on any atom is 0.241 e. The summed E-state index contributed by atoms with van der Waals surface area (Å²) in [6, 6.07) is 0.287. The minimum absolute atomic E-state index is 0.0267. The van der Waals surface area contributed by atoms with Gasteiger partial charge in [0.2, 0.25) is 5.91 Å². The summed E-state index contributed by atoms with van der Waals surface area (Å²) in [4.78, 5) is 15.9. The number of nitrogens with zero attached hydrogens (tertiary/aromatic N) is 2. The number of rotatable bonds is 3. The van der Waals surface area contributed by atoms with Gasteiger partial charge >= 0.3 is 0 Å². The lowest BCUT2D eigenvalue weighted by molar-refractivity contribution is -0.137. The highest BCUT2D eigenvalue weighted by atomic mass is 16.2. The molecule has 4 heteroatoms. The predicted octanol–water partition coefficient (Wildman–Crippen LogP) is -0.243. The molecular weight excluding hydrogens is 178 g/mol. The van der Waals surface area contributed by atoms with Gasteiger partial charge in [-0.15, -0.1) is 0 Å². The van der Waals surface area contributed by atoms with Gasteiger partial charge in [-0.05, 0) is 27.9 Å². The smallest absolute Gasteiger partial charge is 0.241 e. The van der Waals surface area contributed by atoms with E-state index in [4.69, 9.17) is 0 Å². The second kappa shape index (κ2) is 4.75. The van der Waals surface area contributed by atoms with E-state index in [1.807, 2.05) is 23.9 Å². The van der Waals surface area contributed by atoms with Crippen molar-refractivity contribution in [3.63, 3.8) is 0 Å². The Labute approximate surface area is 86.2 Å². The number of carbonyl (C=O) groups is 1. The highest BCUT2D eigenvalue weighted by Crippen LogP contribution is 2.06. The molecule has 1 unspecified atom stereocenters. The van der Waals surface area contributed by atoms with E-state index >= 15 is 0 Å². The second-order valence-corrected chi connectivity index (χ2v) is 4.39. The number of piperazine rings is 1. The fourth-order valence-corrected chi connectivity index (χ4v) is 1.78. The molecule has 1 N–H and O–H groups in total. The highest BCUT2D eigenvalue weighted by molar-refractivity contribution is 5.83. The largest absolute Gasteiger partial charge is 0.338 e. The van der Waals surface area contributed by atoms with E-state index in [1.54, 1.807) is 0 Å². The van der Waals surface area contributed by atoms with E-state index < -0.39 is 0 Å². The Hall–Kier alpha value is -0.610. The normalized spacial score (nSPS) is 23.7. The number of nitrogens with one attached hydrogen (secondary N) is 1. The van der Waals surface area contributed by atoms with Crippen molar-refractivity contribution >= 4 is 5.91 Å². The molecule has 0 bridgehead atoms. The van der Waals surface area contributed by atoms with E-state index in [-0.39, 0.29) is 11.9 Å². The van der Waals surface area contributed by atoms with Gasteiger partial charge in [0.05, 0.1) is 6.04 Å². The van der Waals surface area contributed by atoms with E-state index in [1.165, 1.54) is 0 Å². The van der Waals surface area contributed by atoms with Crippen molar-refractivity contribution in [1.29, 1.82) is 0 Å². The number of likely N-dealkylation sites (N-methyl/N-ethyl adjacent to an activating group) is 1. The summed E-state index contributed by atoms with van der Waals surface area (Å²) in [6.07, 6.45) is 0. The van der Waals surface area contributed by atoms with Crippen LogP contribution >= 0.6 is 0 Å². The average Bonchev–Trinajstić information content (AvgIpc) is 2.07. The third-order valence-corrected chi connectivity index (χ3v) is 2.50. The van der Waals surface area contributed by atoms with Gasteiger partial charge < -0.3 is 15.1 Å². The first-order valence-electron chi connectivity index (χ1n) is 5.21. The summed E-state index contributed by atoms with van der Waals surface area (Å²) in [5.74, 6) is 0.236. The van der Waals surface area contributed by atoms with Crippen molar-refractivity contribution in [1.82, 2.24) is 15.1 Å². The van der Waals surface area contributed by atoms with Gasteiger partial charge in [-0.25, -0.2) is 0 Å².